The number of pyridine rings is 1. The molecule has 0 amide bonds. The molecule has 224 valence electrons. The maximum Gasteiger partial charge on any atom is 0.263 e. The van der Waals surface area contributed by atoms with Gasteiger partial charge in [-0.1, -0.05) is 115 Å². The van der Waals surface area contributed by atoms with Gasteiger partial charge < -0.3 is 0 Å². The summed E-state index contributed by atoms with van der Waals surface area (Å²) in [5, 5.41) is 7.96. The first-order valence-electron chi connectivity index (χ1n) is 16.1. The van der Waals surface area contributed by atoms with Crippen LogP contribution in [0.25, 0.3) is 88.0 Å². The highest BCUT2D eigenvalue weighted by atomic mass is 16.1. The highest BCUT2D eigenvalue weighted by Gasteiger charge is 2.21. The number of rotatable bonds is 3. The highest BCUT2D eigenvalue weighted by Crippen LogP contribution is 2.41. The fourth-order valence-corrected chi connectivity index (χ4v) is 7.47. The second-order valence-corrected chi connectivity index (χ2v) is 12.1. The van der Waals surface area contributed by atoms with E-state index in [0.29, 0.717) is 11.3 Å². The Hall–Kier alpha value is -6.59. The normalized spacial score (nSPS) is 11.8. The first kappa shape index (κ1) is 26.6. The number of aromatic nitrogens is 4. The summed E-state index contributed by atoms with van der Waals surface area (Å²) in [6.07, 6.45) is 0. The van der Waals surface area contributed by atoms with Gasteiger partial charge in [0.05, 0.1) is 27.8 Å². The van der Waals surface area contributed by atoms with Crippen LogP contribution in [0.4, 0.5) is 0 Å². The second-order valence-electron chi connectivity index (χ2n) is 12.1. The smallest absolute Gasteiger partial charge is 0.263 e. The molecule has 0 aliphatic rings. The minimum absolute atomic E-state index is 0.0390. The number of hydrogen-bond acceptors (Lipinski definition) is 3. The van der Waals surface area contributed by atoms with Gasteiger partial charge in [-0.2, -0.15) is 0 Å². The Morgan fingerprint density at radius 2 is 1.02 bits per heavy atom. The van der Waals surface area contributed by atoms with Gasteiger partial charge in [0.1, 0.15) is 0 Å². The number of fused-ring (bicyclic) bond motifs is 10. The summed E-state index contributed by atoms with van der Waals surface area (Å²) in [6.45, 7) is 0. The van der Waals surface area contributed by atoms with Gasteiger partial charge in [0.2, 0.25) is 5.95 Å². The second kappa shape index (κ2) is 10.2. The monoisotopic (exact) mass is 614 g/mol. The van der Waals surface area contributed by atoms with Crippen molar-refractivity contribution in [1.29, 1.82) is 0 Å². The van der Waals surface area contributed by atoms with E-state index in [0.717, 1.165) is 76.7 Å². The van der Waals surface area contributed by atoms with Gasteiger partial charge >= 0.3 is 0 Å². The van der Waals surface area contributed by atoms with E-state index in [1.54, 1.807) is 0 Å². The van der Waals surface area contributed by atoms with Crippen molar-refractivity contribution in [2.24, 2.45) is 0 Å². The third-order valence-corrected chi connectivity index (χ3v) is 9.52. The molecule has 3 heterocycles. The molecule has 0 bridgehead atoms. The summed E-state index contributed by atoms with van der Waals surface area (Å²) in [7, 11) is 0. The van der Waals surface area contributed by atoms with Crippen LogP contribution in [0.15, 0.2) is 163 Å². The Morgan fingerprint density at radius 1 is 0.417 bits per heavy atom. The van der Waals surface area contributed by atoms with E-state index in [1.807, 2.05) is 89.5 Å². The first-order chi connectivity index (χ1) is 23.8. The van der Waals surface area contributed by atoms with Crippen LogP contribution in [-0.2, 0) is 0 Å². The quantitative estimate of drug-likeness (QED) is 0.186. The summed E-state index contributed by atoms with van der Waals surface area (Å²) >= 11 is 0. The maximum absolute atomic E-state index is 14.4. The molecule has 10 aromatic rings. The molecule has 0 aliphatic heterocycles. The van der Waals surface area contributed by atoms with Crippen molar-refractivity contribution in [3.05, 3.63) is 168 Å². The van der Waals surface area contributed by atoms with Crippen molar-refractivity contribution >= 4 is 65.2 Å². The molecule has 0 atom stereocenters. The molecular weight excluding hydrogens is 589 g/mol. The summed E-state index contributed by atoms with van der Waals surface area (Å²) in [4.78, 5) is 24.9. The SMILES string of the molecule is O=c1c2ccc3ccc4c(c5ccccc5n4-c4nc(-c5ccccc5)c5ccccc5n4)c3c2c2ccccc2n1-c1ccccc1. The fraction of sp³-hybridized carbons (Fsp3) is 0. The van der Waals surface area contributed by atoms with Gasteiger partial charge in [-0.3, -0.25) is 13.9 Å². The zero-order valence-electron chi connectivity index (χ0n) is 25.7. The molecule has 0 radical (unpaired) electrons. The number of para-hydroxylation sites is 4. The van der Waals surface area contributed by atoms with Crippen molar-refractivity contribution in [3.8, 4) is 22.9 Å². The van der Waals surface area contributed by atoms with E-state index in [1.165, 1.54) is 0 Å². The van der Waals surface area contributed by atoms with Gasteiger partial charge in [-0.05, 0) is 47.9 Å². The van der Waals surface area contributed by atoms with Gasteiger partial charge in [0.25, 0.3) is 5.56 Å². The lowest BCUT2D eigenvalue weighted by atomic mass is 9.95. The van der Waals surface area contributed by atoms with Gasteiger partial charge in [0.15, 0.2) is 0 Å². The van der Waals surface area contributed by atoms with Crippen molar-refractivity contribution in [2.45, 2.75) is 0 Å². The molecule has 0 N–H and O–H groups in total. The van der Waals surface area contributed by atoms with Crippen LogP contribution in [0.5, 0.6) is 0 Å². The molecule has 5 heteroatoms. The van der Waals surface area contributed by atoms with Crippen LogP contribution in [0, 0.1) is 0 Å². The number of nitrogens with zero attached hydrogens (tertiary/aromatic N) is 4. The average Bonchev–Trinajstić information content (AvgIpc) is 3.49. The minimum Gasteiger partial charge on any atom is -0.278 e. The number of benzene rings is 7. The first-order valence-corrected chi connectivity index (χ1v) is 16.1. The zero-order chi connectivity index (χ0) is 31.8. The van der Waals surface area contributed by atoms with Crippen molar-refractivity contribution in [1.82, 2.24) is 19.1 Å². The Bertz CT molecular complexity index is 2960. The van der Waals surface area contributed by atoms with E-state index < -0.39 is 0 Å². The Labute approximate surface area is 274 Å². The molecule has 10 rings (SSSR count). The molecule has 0 aliphatic carbocycles. The van der Waals surface area contributed by atoms with Crippen LogP contribution in [0.2, 0.25) is 0 Å². The molecule has 3 aromatic heterocycles. The largest absolute Gasteiger partial charge is 0.278 e. The van der Waals surface area contributed by atoms with E-state index in [2.05, 4.69) is 77.4 Å². The lowest BCUT2D eigenvalue weighted by Crippen LogP contribution is -2.19. The maximum atomic E-state index is 14.4. The van der Waals surface area contributed by atoms with Crippen molar-refractivity contribution in [2.75, 3.05) is 0 Å². The van der Waals surface area contributed by atoms with Crippen LogP contribution < -0.4 is 5.56 Å². The Kier molecular flexibility index (Phi) is 5.66. The predicted octanol–water partition coefficient (Wildman–Crippen LogP) is 10.0. The van der Waals surface area contributed by atoms with Crippen LogP contribution in [0.1, 0.15) is 0 Å². The molecule has 7 aromatic carbocycles. The van der Waals surface area contributed by atoms with Crippen LogP contribution >= 0.6 is 0 Å². The summed E-state index contributed by atoms with van der Waals surface area (Å²) in [6, 6.07) is 53.4. The molecule has 0 unspecified atom stereocenters. The summed E-state index contributed by atoms with van der Waals surface area (Å²) < 4.78 is 4.01. The Balaban J connectivity index is 1.38. The third kappa shape index (κ3) is 3.76. The van der Waals surface area contributed by atoms with Gasteiger partial charge in [-0.25, -0.2) is 9.97 Å². The number of hydrogen-bond donors (Lipinski definition) is 0. The molecule has 0 saturated carbocycles. The molecule has 48 heavy (non-hydrogen) atoms. The minimum atomic E-state index is -0.0390. The molecule has 5 nitrogen and oxygen atoms in total. The van der Waals surface area contributed by atoms with Gasteiger partial charge in [-0.15, -0.1) is 0 Å². The molecule has 0 spiro atoms. The molecular formula is C43H26N4O. The third-order valence-electron chi connectivity index (χ3n) is 9.52. The van der Waals surface area contributed by atoms with Gasteiger partial charge in [0, 0.05) is 49.0 Å². The lowest BCUT2D eigenvalue weighted by Gasteiger charge is -2.15. The van der Waals surface area contributed by atoms with E-state index >= 15 is 0 Å². The van der Waals surface area contributed by atoms with Crippen LogP contribution in [0.3, 0.4) is 0 Å². The highest BCUT2D eigenvalue weighted by molar-refractivity contribution is 6.32. The average molecular weight is 615 g/mol. The van der Waals surface area contributed by atoms with Crippen molar-refractivity contribution in [3.63, 3.8) is 0 Å². The van der Waals surface area contributed by atoms with E-state index in [-0.39, 0.29) is 5.56 Å². The summed E-state index contributed by atoms with van der Waals surface area (Å²) in [5.74, 6) is 0.606. The van der Waals surface area contributed by atoms with Crippen molar-refractivity contribution < 1.29 is 0 Å². The zero-order valence-corrected chi connectivity index (χ0v) is 25.7. The fourth-order valence-electron chi connectivity index (χ4n) is 7.47. The topological polar surface area (TPSA) is 52.7 Å². The lowest BCUT2D eigenvalue weighted by molar-refractivity contribution is 1.01. The standard InChI is InChI=1S/C43H26N4O/c48-42-33-25-23-27-24-26-37-40(38(27)39(33)31-18-8-11-21-35(31)46(42)29-15-5-2-6-16-29)32-19-9-12-22-36(32)47(37)43-44-34-20-10-7-17-30(34)41(45-43)28-13-3-1-4-14-28/h1-26H. The summed E-state index contributed by atoms with van der Waals surface area (Å²) in [5.41, 5.74) is 6.48. The van der Waals surface area contributed by atoms with Crippen LogP contribution in [-0.4, -0.2) is 19.1 Å². The molecule has 0 saturated heterocycles. The predicted molar refractivity (Wildman–Crippen MR) is 197 cm³/mol. The Morgan fingerprint density at radius 3 is 1.79 bits per heavy atom. The van der Waals surface area contributed by atoms with E-state index in [4.69, 9.17) is 9.97 Å². The molecule has 0 fully saturated rings. The van der Waals surface area contributed by atoms with E-state index in [9.17, 15) is 4.79 Å².